The van der Waals surface area contributed by atoms with Crippen LogP contribution < -0.4 is 4.74 Å². The first-order chi connectivity index (χ1) is 12.8. The predicted octanol–water partition coefficient (Wildman–Crippen LogP) is 4.83. The summed E-state index contributed by atoms with van der Waals surface area (Å²) in [6.45, 7) is 0. The number of rotatable bonds is 6. The smallest absolute Gasteiger partial charge is 0.173 e. The van der Waals surface area contributed by atoms with E-state index in [0.29, 0.717) is 5.75 Å². The third-order valence-electron chi connectivity index (χ3n) is 3.91. The van der Waals surface area contributed by atoms with Crippen molar-refractivity contribution in [2.75, 3.05) is 7.11 Å². The molecule has 0 aliphatic rings. The minimum Gasteiger partial charge on any atom is -0.497 e. The summed E-state index contributed by atoms with van der Waals surface area (Å²) >= 11 is 1.60. The molecule has 2 aromatic heterocycles. The average molecular weight is 363 g/mol. The molecule has 0 saturated heterocycles. The fraction of sp³-hybridized carbons (Fsp3) is 0.100. The maximum Gasteiger partial charge on any atom is 0.173 e. The number of aromatic nitrogens is 3. The first-order valence-corrected chi connectivity index (χ1v) is 9.13. The van der Waals surface area contributed by atoms with Gasteiger partial charge in [0.05, 0.1) is 18.6 Å². The van der Waals surface area contributed by atoms with E-state index in [0.717, 1.165) is 33.6 Å². The summed E-state index contributed by atoms with van der Waals surface area (Å²) in [6.07, 6.45) is 3.73. The van der Waals surface area contributed by atoms with Gasteiger partial charge in [0.25, 0.3) is 0 Å². The Bertz CT molecular complexity index is 995. The number of thioether (sulfide) groups is 1. The normalized spacial score (nSPS) is 10.8. The Labute approximate surface area is 155 Å². The predicted molar refractivity (Wildman–Crippen MR) is 102 cm³/mol. The Morgan fingerprint density at radius 3 is 2.81 bits per heavy atom. The van der Waals surface area contributed by atoms with E-state index < -0.39 is 0 Å². The lowest BCUT2D eigenvalue weighted by atomic mass is 10.1. The molecule has 2 aromatic carbocycles. The second-order valence-electron chi connectivity index (χ2n) is 5.61. The van der Waals surface area contributed by atoms with Crippen molar-refractivity contribution >= 4 is 11.8 Å². The first-order valence-electron chi connectivity index (χ1n) is 8.15. The summed E-state index contributed by atoms with van der Waals surface area (Å²) in [7, 11) is 1.66. The van der Waals surface area contributed by atoms with Crippen LogP contribution in [-0.2, 0) is 5.75 Å². The molecule has 4 aromatic rings. The second kappa shape index (κ2) is 7.49. The van der Waals surface area contributed by atoms with Gasteiger partial charge in [-0.25, -0.2) is 4.98 Å². The lowest BCUT2D eigenvalue weighted by Crippen LogP contribution is -1.96. The number of benzene rings is 2. The maximum absolute atomic E-state index is 5.47. The van der Waals surface area contributed by atoms with Crippen molar-refractivity contribution in [3.05, 3.63) is 78.8 Å². The van der Waals surface area contributed by atoms with Gasteiger partial charge in [-0.15, -0.1) is 0 Å². The zero-order chi connectivity index (χ0) is 17.8. The van der Waals surface area contributed by atoms with Gasteiger partial charge >= 0.3 is 0 Å². The van der Waals surface area contributed by atoms with Crippen LogP contribution in [0.15, 0.2) is 82.7 Å². The Balaban J connectivity index is 1.49. The Hall–Kier alpha value is -2.99. The van der Waals surface area contributed by atoms with Gasteiger partial charge in [-0.05, 0) is 12.1 Å². The summed E-state index contributed by atoms with van der Waals surface area (Å²) in [6, 6.07) is 19.9. The summed E-state index contributed by atoms with van der Waals surface area (Å²) in [4.78, 5) is 4.45. The van der Waals surface area contributed by atoms with E-state index in [4.69, 9.17) is 9.26 Å². The van der Waals surface area contributed by atoms with Crippen LogP contribution in [0.1, 0.15) is 5.76 Å². The zero-order valence-electron chi connectivity index (χ0n) is 14.2. The fourth-order valence-electron chi connectivity index (χ4n) is 2.62. The van der Waals surface area contributed by atoms with Crippen molar-refractivity contribution in [2.45, 2.75) is 10.9 Å². The molecule has 0 N–H and O–H groups in total. The largest absolute Gasteiger partial charge is 0.497 e. The molecule has 4 rings (SSSR count). The standard InChI is InChI=1S/C20H17N3O2S/c1-24-17-9-5-8-16(12-17)23-11-10-21-20(23)26-14-18-13-19(22-25-18)15-6-3-2-4-7-15/h2-13H,14H2,1H3. The van der Waals surface area contributed by atoms with Crippen LogP contribution in [0, 0.1) is 0 Å². The van der Waals surface area contributed by atoms with E-state index in [9.17, 15) is 0 Å². The van der Waals surface area contributed by atoms with Crippen LogP contribution in [0.25, 0.3) is 16.9 Å². The molecule has 6 heteroatoms. The van der Waals surface area contributed by atoms with Crippen LogP contribution in [0.4, 0.5) is 0 Å². The molecule has 0 aliphatic heterocycles. The van der Waals surface area contributed by atoms with Crippen LogP contribution in [-0.4, -0.2) is 21.8 Å². The van der Waals surface area contributed by atoms with Crippen molar-refractivity contribution in [1.82, 2.24) is 14.7 Å². The van der Waals surface area contributed by atoms with Crippen LogP contribution >= 0.6 is 11.8 Å². The average Bonchev–Trinajstić information content (AvgIpc) is 3.36. The quantitative estimate of drug-likeness (QED) is 0.459. The Kier molecular flexibility index (Phi) is 4.75. The molecule has 0 amide bonds. The molecule has 0 unspecified atom stereocenters. The maximum atomic E-state index is 5.47. The topological polar surface area (TPSA) is 53.1 Å². The molecular formula is C20H17N3O2S. The van der Waals surface area contributed by atoms with Crippen LogP contribution in [0.2, 0.25) is 0 Å². The number of hydrogen-bond donors (Lipinski definition) is 0. The highest BCUT2D eigenvalue weighted by Gasteiger charge is 2.10. The van der Waals surface area contributed by atoms with E-state index in [1.54, 1.807) is 25.1 Å². The number of nitrogens with zero attached hydrogens (tertiary/aromatic N) is 3. The molecule has 0 radical (unpaired) electrons. The molecule has 0 fully saturated rings. The minimum atomic E-state index is 0.654. The number of methoxy groups -OCH3 is 1. The highest BCUT2D eigenvalue weighted by atomic mass is 32.2. The van der Waals surface area contributed by atoms with E-state index in [2.05, 4.69) is 10.1 Å². The Morgan fingerprint density at radius 2 is 1.96 bits per heavy atom. The van der Waals surface area contributed by atoms with Gasteiger partial charge in [0.15, 0.2) is 5.16 Å². The van der Waals surface area contributed by atoms with Gasteiger partial charge in [-0.2, -0.15) is 0 Å². The van der Waals surface area contributed by atoms with Gasteiger partial charge in [0.2, 0.25) is 0 Å². The molecule has 0 bridgehead atoms. The number of ether oxygens (including phenoxy) is 1. The third-order valence-corrected chi connectivity index (χ3v) is 4.90. The van der Waals surface area contributed by atoms with Crippen molar-refractivity contribution in [1.29, 1.82) is 0 Å². The van der Waals surface area contributed by atoms with Crippen molar-refractivity contribution < 1.29 is 9.26 Å². The van der Waals surface area contributed by atoms with E-state index in [-0.39, 0.29) is 0 Å². The highest BCUT2D eigenvalue weighted by molar-refractivity contribution is 7.98. The molecule has 0 spiro atoms. The van der Waals surface area contributed by atoms with E-state index >= 15 is 0 Å². The minimum absolute atomic E-state index is 0.654. The fourth-order valence-corrected chi connectivity index (χ4v) is 3.46. The summed E-state index contributed by atoms with van der Waals surface area (Å²) in [5, 5.41) is 5.04. The second-order valence-corrected chi connectivity index (χ2v) is 6.56. The number of hydrogen-bond acceptors (Lipinski definition) is 5. The zero-order valence-corrected chi connectivity index (χ0v) is 15.0. The lowest BCUT2D eigenvalue weighted by Gasteiger charge is -2.08. The molecule has 130 valence electrons. The molecule has 0 atom stereocenters. The van der Waals surface area contributed by atoms with Crippen molar-refractivity contribution in [3.63, 3.8) is 0 Å². The van der Waals surface area contributed by atoms with E-state index in [1.165, 1.54) is 0 Å². The van der Waals surface area contributed by atoms with Gasteiger partial charge in [-0.1, -0.05) is 53.3 Å². The van der Waals surface area contributed by atoms with Gasteiger partial charge < -0.3 is 9.26 Å². The Morgan fingerprint density at radius 1 is 1.08 bits per heavy atom. The summed E-state index contributed by atoms with van der Waals surface area (Å²) < 4.78 is 12.8. The van der Waals surface area contributed by atoms with Gasteiger partial charge in [0.1, 0.15) is 17.2 Å². The van der Waals surface area contributed by atoms with E-state index in [1.807, 2.05) is 71.4 Å². The SMILES string of the molecule is COc1cccc(-n2ccnc2SCc2cc(-c3ccccc3)no2)c1. The molecule has 5 nitrogen and oxygen atoms in total. The van der Waals surface area contributed by atoms with Crippen LogP contribution in [0.5, 0.6) is 5.75 Å². The monoisotopic (exact) mass is 363 g/mol. The molecular weight excluding hydrogens is 346 g/mol. The molecule has 26 heavy (non-hydrogen) atoms. The van der Waals surface area contributed by atoms with Crippen molar-refractivity contribution in [3.8, 4) is 22.7 Å². The highest BCUT2D eigenvalue weighted by Crippen LogP contribution is 2.27. The molecule has 0 aliphatic carbocycles. The number of imidazole rings is 1. The molecule has 0 saturated carbocycles. The lowest BCUT2D eigenvalue weighted by molar-refractivity contribution is 0.397. The van der Waals surface area contributed by atoms with Gasteiger partial charge in [0, 0.05) is 30.1 Å². The third kappa shape index (κ3) is 3.50. The summed E-state index contributed by atoms with van der Waals surface area (Å²) in [5.41, 5.74) is 2.90. The summed E-state index contributed by atoms with van der Waals surface area (Å²) in [5.74, 6) is 2.28. The first kappa shape index (κ1) is 16.5. The van der Waals surface area contributed by atoms with Crippen LogP contribution in [0.3, 0.4) is 0 Å². The molecule has 2 heterocycles. The van der Waals surface area contributed by atoms with Gasteiger partial charge in [-0.3, -0.25) is 4.57 Å². The van der Waals surface area contributed by atoms with Crippen molar-refractivity contribution in [2.24, 2.45) is 0 Å².